The zero-order chi connectivity index (χ0) is 29.1. The number of hydrogen-bond acceptors (Lipinski definition) is 7. The van der Waals surface area contributed by atoms with E-state index in [1.807, 2.05) is 0 Å². The number of aliphatic carboxylic acids is 2. The second-order valence-electron chi connectivity index (χ2n) is 9.73. The Morgan fingerprint density at radius 2 is 1.46 bits per heavy atom. The zero-order valence-electron chi connectivity index (χ0n) is 22.4. The molecule has 0 bridgehead atoms. The predicted octanol–water partition coefficient (Wildman–Crippen LogP) is 3.63. The summed E-state index contributed by atoms with van der Waals surface area (Å²) in [6.45, 7) is 3.10. The van der Waals surface area contributed by atoms with E-state index in [9.17, 15) is 24.6 Å². The molecule has 10 heteroatoms. The number of carboxylic acid groups (broad SMARTS) is 2. The molecule has 1 aliphatic rings. The van der Waals surface area contributed by atoms with Gasteiger partial charge in [-0.2, -0.15) is 0 Å². The van der Waals surface area contributed by atoms with Gasteiger partial charge in [0.05, 0.1) is 12.2 Å². The van der Waals surface area contributed by atoms with Gasteiger partial charge in [-0.05, 0) is 37.1 Å². The smallest absolute Gasteiger partial charge is 0.347 e. The fraction of sp³-hybridized carbons (Fsp3) is 0.194. The van der Waals surface area contributed by atoms with Crippen LogP contribution in [0.5, 0.6) is 6.01 Å². The zero-order valence-corrected chi connectivity index (χ0v) is 22.4. The summed E-state index contributed by atoms with van der Waals surface area (Å²) in [6, 6.07) is 24.1. The summed E-state index contributed by atoms with van der Waals surface area (Å²) in [5.41, 5.74) is 0.987. The lowest BCUT2D eigenvalue weighted by molar-refractivity contribution is -0.149. The van der Waals surface area contributed by atoms with E-state index in [-0.39, 0.29) is 18.2 Å². The van der Waals surface area contributed by atoms with Crippen LogP contribution in [0.2, 0.25) is 0 Å². The lowest BCUT2D eigenvalue weighted by atomic mass is 9.77. The van der Waals surface area contributed by atoms with Crippen LogP contribution in [0.3, 0.4) is 0 Å². The summed E-state index contributed by atoms with van der Waals surface area (Å²) in [5, 5.41) is 24.2. The van der Waals surface area contributed by atoms with Gasteiger partial charge in [-0.1, -0.05) is 78.9 Å². The predicted molar refractivity (Wildman–Crippen MR) is 150 cm³/mol. The molecule has 0 aliphatic carbocycles. The molecule has 0 saturated heterocycles. The molecule has 0 fully saturated rings. The summed E-state index contributed by atoms with van der Waals surface area (Å²) >= 11 is 0. The van der Waals surface area contributed by atoms with Crippen molar-refractivity contribution >= 4 is 23.5 Å². The number of fused-ring (bicyclic) bond motifs is 1. The molecular formula is C31H28N4O6. The molecule has 0 unspecified atom stereocenters. The average Bonchev–Trinajstić information content (AvgIpc) is 3.07. The van der Waals surface area contributed by atoms with Crippen LogP contribution in [0.4, 0.5) is 5.69 Å². The van der Waals surface area contributed by atoms with Crippen molar-refractivity contribution in [1.82, 2.24) is 15.3 Å². The Kier molecular flexibility index (Phi) is 7.50. The molecule has 208 valence electrons. The fourth-order valence-corrected chi connectivity index (χ4v) is 5.39. The monoisotopic (exact) mass is 552 g/mol. The number of benzene rings is 3. The first-order valence-electron chi connectivity index (χ1n) is 12.9. The van der Waals surface area contributed by atoms with Gasteiger partial charge in [-0.15, -0.1) is 0 Å². The number of aryl methyl sites for hydroxylation is 2. The molecule has 1 amide bonds. The second-order valence-corrected chi connectivity index (χ2v) is 9.73. The van der Waals surface area contributed by atoms with E-state index in [1.165, 1.54) is 4.90 Å². The number of amides is 1. The van der Waals surface area contributed by atoms with Crippen LogP contribution in [0.25, 0.3) is 0 Å². The highest BCUT2D eigenvalue weighted by Crippen LogP contribution is 2.44. The van der Waals surface area contributed by atoms with Crippen molar-refractivity contribution in [2.45, 2.75) is 31.5 Å². The molecule has 1 aliphatic heterocycles. The normalized spacial score (nSPS) is 18.1. The first-order chi connectivity index (χ1) is 19.7. The highest BCUT2D eigenvalue weighted by atomic mass is 16.5. The first kappa shape index (κ1) is 27.5. The van der Waals surface area contributed by atoms with Gasteiger partial charge in [0.1, 0.15) is 5.54 Å². The van der Waals surface area contributed by atoms with Gasteiger partial charge < -0.3 is 14.9 Å². The topological polar surface area (TPSA) is 142 Å². The number of nitrogens with one attached hydrogen (secondary N) is 1. The number of carbonyl (C=O) groups is 3. The quantitative estimate of drug-likeness (QED) is 0.299. The minimum absolute atomic E-state index is 0.135. The highest BCUT2D eigenvalue weighted by Gasteiger charge is 2.53. The van der Waals surface area contributed by atoms with Crippen molar-refractivity contribution in [3.63, 3.8) is 0 Å². The molecule has 3 aromatic carbocycles. The first-order valence-corrected chi connectivity index (χ1v) is 12.9. The number of carboxylic acids is 2. The third-order valence-electron chi connectivity index (χ3n) is 7.01. The number of para-hydroxylation sites is 1. The summed E-state index contributed by atoms with van der Waals surface area (Å²) in [4.78, 5) is 49.4. The Hall–Kier alpha value is -5.09. The number of ether oxygens (including phenoxy) is 1. The lowest BCUT2D eigenvalue weighted by Crippen LogP contribution is -2.58. The van der Waals surface area contributed by atoms with Crippen LogP contribution >= 0.6 is 0 Å². The van der Waals surface area contributed by atoms with Crippen LogP contribution in [0.1, 0.15) is 34.1 Å². The Balaban J connectivity index is 1.78. The average molecular weight is 553 g/mol. The van der Waals surface area contributed by atoms with E-state index in [4.69, 9.17) is 4.74 Å². The Labute approximate surface area is 236 Å². The third-order valence-corrected chi connectivity index (χ3v) is 7.01. The van der Waals surface area contributed by atoms with E-state index in [1.54, 1.807) is 105 Å². The number of nitrogens with zero attached hydrogens (tertiary/aromatic N) is 3. The van der Waals surface area contributed by atoms with Gasteiger partial charge in [0.15, 0.2) is 6.04 Å². The number of carbonyl (C=O) groups excluding carboxylic acids is 1. The maximum Gasteiger partial charge on any atom is 0.347 e. The maximum absolute atomic E-state index is 13.8. The van der Waals surface area contributed by atoms with Gasteiger partial charge in [-0.3, -0.25) is 15.0 Å². The highest BCUT2D eigenvalue weighted by molar-refractivity contribution is 6.02. The molecule has 4 aromatic rings. The van der Waals surface area contributed by atoms with Crippen molar-refractivity contribution < 1.29 is 29.3 Å². The molecule has 0 radical (unpaired) electrons. The Morgan fingerprint density at radius 3 is 2.07 bits per heavy atom. The molecule has 3 N–H and O–H groups in total. The van der Waals surface area contributed by atoms with E-state index < -0.39 is 35.5 Å². The van der Waals surface area contributed by atoms with Crippen LogP contribution in [0, 0.1) is 13.8 Å². The Morgan fingerprint density at radius 1 is 0.878 bits per heavy atom. The van der Waals surface area contributed by atoms with Crippen molar-refractivity contribution in [3.05, 3.63) is 119 Å². The minimum Gasteiger partial charge on any atom is -0.479 e. The summed E-state index contributed by atoms with van der Waals surface area (Å²) in [5.74, 6) is -3.13. The minimum atomic E-state index is -1.67. The van der Waals surface area contributed by atoms with Gasteiger partial charge in [-0.25, -0.2) is 19.6 Å². The van der Waals surface area contributed by atoms with Crippen LogP contribution < -0.4 is 15.0 Å². The molecule has 10 nitrogen and oxygen atoms in total. The molecular weight excluding hydrogens is 524 g/mol. The van der Waals surface area contributed by atoms with Crippen LogP contribution in [-0.2, 0) is 19.9 Å². The summed E-state index contributed by atoms with van der Waals surface area (Å²) in [6.07, 6.45) is -1.67. The van der Waals surface area contributed by atoms with Gasteiger partial charge >= 0.3 is 17.9 Å². The van der Waals surface area contributed by atoms with E-state index in [0.29, 0.717) is 28.1 Å². The van der Waals surface area contributed by atoms with E-state index >= 15 is 0 Å². The van der Waals surface area contributed by atoms with Crippen molar-refractivity contribution in [1.29, 1.82) is 0 Å². The molecule has 3 atom stereocenters. The largest absolute Gasteiger partial charge is 0.479 e. The number of rotatable bonds is 8. The molecule has 41 heavy (non-hydrogen) atoms. The standard InChI is InChI=1S/C31H28N4O6/c1-19-17-20(2)34-30(33-19)41-27(29(39)40)31(22-13-7-4-8-14-22)23-15-9-10-16-24(23)35(25(36)18-32-31)26(28(37)38)21-11-5-3-6-12-21/h3-17,26-27,32H,18H2,1-2H3,(H,37,38)(H,39,40)/t26-,27-,31-/m1/s1. The SMILES string of the molecule is Cc1cc(C)nc(O[C@H](C(=O)O)[C@]2(c3ccccc3)NCC(=O)N([C@@H](C(=O)O)c3ccccc3)c3ccccc32)n1. The Bertz CT molecular complexity index is 1580. The maximum atomic E-state index is 13.8. The third kappa shape index (κ3) is 5.12. The lowest BCUT2D eigenvalue weighted by Gasteiger charge is -2.39. The van der Waals surface area contributed by atoms with Gasteiger partial charge in [0.2, 0.25) is 12.0 Å². The summed E-state index contributed by atoms with van der Waals surface area (Å²) in [7, 11) is 0. The molecule has 0 spiro atoms. The molecule has 1 aromatic heterocycles. The van der Waals surface area contributed by atoms with E-state index in [0.717, 1.165) is 0 Å². The van der Waals surface area contributed by atoms with Crippen molar-refractivity contribution in [2.24, 2.45) is 0 Å². The van der Waals surface area contributed by atoms with Crippen molar-refractivity contribution in [3.8, 4) is 6.01 Å². The number of aromatic nitrogens is 2. The molecule has 0 saturated carbocycles. The van der Waals surface area contributed by atoms with E-state index in [2.05, 4.69) is 15.3 Å². The molecule has 5 rings (SSSR count). The van der Waals surface area contributed by atoms with Crippen LogP contribution in [-0.4, -0.2) is 50.7 Å². The molecule has 2 heterocycles. The number of anilines is 1. The number of hydrogen-bond donors (Lipinski definition) is 3. The van der Waals surface area contributed by atoms with Gasteiger partial charge in [0.25, 0.3) is 0 Å². The van der Waals surface area contributed by atoms with Gasteiger partial charge in [0, 0.05) is 17.0 Å². The second kappa shape index (κ2) is 11.2. The van der Waals surface area contributed by atoms with Crippen molar-refractivity contribution in [2.75, 3.05) is 11.4 Å². The fourth-order valence-electron chi connectivity index (χ4n) is 5.39. The summed E-state index contributed by atoms with van der Waals surface area (Å²) < 4.78 is 6.08. The van der Waals surface area contributed by atoms with Crippen LogP contribution in [0.15, 0.2) is 91.0 Å².